The lowest BCUT2D eigenvalue weighted by Crippen LogP contribution is -2.53. The summed E-state index contributed by atoms with van der Waals surface area (Å²) in [5, 5.41) is 0. The van der Waals surface area contributed by atoms with Gasteiger partial charge in [-0.15, -0.1) is 0 Å². The second-order valence-corrected chi connectivity index (χ2v) is 8.26. The Hall–Kier alpha value is -2.04. The van der Waals surface area contributed by atoms with E-state index < -0.39 is 17.7 Å². The zero-order valence-corrected chi connectivity index (χ0v) is 15.3. The number of benzene rings is 1. The van der Waals surface area contributed by atoms with E-state index in [2.05, 4.69) is 13.8 Å². The number of anilines is 1. The highest BCUT2D eigenvalue weighted by atomic mass is 16.6. The molecule has 0 radical (unpaired) electrons. The Morgan fingerprint density at radius 2 is 1.88 bits per heavy atom. The van der Waals surface area contributed by atoms with E-state index >= 15 is 0 Å². The first-order valence-electron chi connectivity index (χ1n) is 8.38. The minimum atomic E-state index is -0.594. The van der Waals surface area contributed by atoms with Gasteiger partial charge in [-0.1, -0.05) is 26.0 Å². The summed E-state index contributed by atoms with van der Waals surface area (Å²) < 4.78 is 5.50. The minimum absolute atomic E-state index is 0.0115. The van der Waals surface area contributed by atoms with Crippen LogP contribution in [0.2, 0.25) is 0 Å². The predicted octanol–water partition coefficient (Wildman–Crippen LogP) is 3.88. The molecule has 1 heterocycles. The molecule has 1 saturated heterocycles. The van der Waals surface area contributed by atoms with Crippen molar-refractivity contribution in [3.05, 3.63) is 29.8 Å². The van der Waals surface area contributed by atoms with Gasteiger partial charge in [-0.25, -0.2) is 4.79 Å². The molecule has 2 rings (SSSR count). The fourth-order valence-corrected chi connectivity index (χ4v) is 2.99. The van der Waals surface area contributed by atoms with Crippen LogP contribution < -0.4 is 5.73 Å². The van der Waals surface area contributed by atoms with Crippen LogP contribution in [0.4, 0.5) is 10.5 Å². The third-order valence-corrected chi connectivity index (χ3v) is 4.31. The number of nitrogens with two attached hydrogens (primary N) is 1. The summed E-state index contributed by atoms with van der Waals surface area (Å²) in [5.41, 5.74) is 6.26. The van der Waals surface area contributed by atoms with E-state index in [9.17, 15) is 9.59 Å². The van der Waals surface area contributed by atoms with Gasteiger partial charge < -0.3 is 10.5 Å². The van der Waals surface area contributed by atoms with E-state index in [-0.39, 0.29) is 11.2 Å². The Labute approximate surface area is 144 Å². The zero-order chi connectivity index (χ0) is 18.1. The van der Waals surface area contributed by atoms with Gasteiger partial charge in [0.2, 0.25) is 0 Å². The fourth-order valence-electron chi connectivity index (χ4n) is 2.99. The van der Waals surface area contributed by atoms with Crippen molar-refractivity contribution in [1.29, 1.82) is 0 Å². The summed E-state index contributed by atoms with van der Waals surface area (Å²) in [5.74, 6) is -0.119. The van der Waals surface area contributed by atoms with Gasteiger partial charge in [0.25, 0.3) is 0 Å². The van der Waals surface area contributed by atoms with Crippen LogP contribution in [-0.2, 0) is 4.74 Å². The maximum atomic E-state index is 13.1. The van der Waals surface area contributed by atoms with Crippen molar-refractivity contribution in [1.82, 2.24) is 4.90 Å². The highest BCUT2D eigenvalue weighted by molar-refractivity contribution is 6.05. The first kappa shape index (κ1) is 18.3. The first-order chi connectivity index (χ1) is 11.0. The van der Waals surface area contributed by atoms with Crippen LogP contribution in [0, 0.1) is 5.41 Å². The highest BCUT2D eigenvalue weighted by Crippen LogP contribution is 2.36. The molecule has 1 atom stereocenters. The molecule has 1 amide bonds. The number of amides is 1. The number of hydrogen-bond acceptors (Lipinski definition) is 4. The number of nitrogen functional groups attached to an aromatic ring is 1. The first-order valence-corrected chi connectivity index (χ1v) is 8.38. The molecule has 0 saturated carbocycles. The summed E-state index contributed by atoms with van der Waals surface area (Å²) in [4.78, 5) is 27.2. The van der Waals surface area contributed by atoms with Crippen LogP contribution in [0.25, 0.3) is 0 Å². The number of ketones is 1. The van der Waals surface area contributed by atoms with Gasteiger partial charge in [0.1, 0.15) is 5.60 Å². The average Bonchev–Trinajstić information content (AvgIpc) is 2.44. The lowest BCUT2D eigenvalue weighted by molar-refractivity contribution is -0.00126. The Balaban J connectivity index is 2.31. The molecule has 2 N–H and O–H groups in total. The average molecular weight is 332 g/mol. The molecule has 5 nitrogen and oxygen atoms in total. The summed E-state index contributed by atoms with van der Waals surface area (Å²) in [6, 6.07) is 6.46. The van der Waals surface area contributed by atoms with E-state index in [0.717, 1.165) is 6.42 Å². The third kappa shape index (κ3) is 4.28. The van der Waals surface area contributed by atoms with Crippen molar-refractivity contribution < 1.29 is 14.3 Å². The largest absolute Gasteiger partial charge is 0.444 e. The predicted molar refractivity (Wildman–Crippen MR) is 94.9 cm³/mol. The molecule has 1 unspecified atom stereocenters. The zero-order valence-electron chi connectivity index (χ0n) is 15.3. The van der Waals surface area contributed by atoms with Gasteiger partial charge >= 0.3 is 6.09 Å². The monoisotopic (exact) mass is 332 g/mol. The number of ether oxygens (including phenoxy) is 1. The SMILES string of the molecule is CC1(C)CCN(C(=O)OC(C)(C)C)C(C(=O)c2ccccc2N)C1. The Bertz CT molecular complexity index is 632. The highest BCUT2D eigenvalue weighted by Gasteiger charge is 2.41. The Morgan fingerprint density at radius 1 is 1.25 bits per heavy atom. The third-order valence-electron chi connectivity index (χ3n) is 4.31. The van der Waals surface area contributed by atoms with Gasteiger partial charge in [-0.05, 0) is 51.2 Å². The molecule has 1 aromatic rings. The number of piperidine rings is 1. The Kier molecular flexibility index (Phi) is 4.92. The summed E-state index contributed by atoms with van der Waals surface area (Å²) in [6.07, 6.45) is 0.991. The van der Waals surface area contributed by atoms with Crippen LogP contribution in [0.1, 0.15) is 57.8 Å². The van der Waals surface area contributed by atoms with Crippen molar-refractivity contribution in [2.24, 2.45) is 5.41 Å². The van der Waals surface area contributed by atoms with E-state index in [1.807, 2.05) is 20.8 Å². The lowest BCUT2D eigenvalue weighted by atomic mass is 9.77. The molecular formula is C19H28N2O3. The summed E-state index contributed by atoms with van der Waals surface area (Å²) in [7, 11) is 0. The van der Waals surface area contributed by atoms with E-state index in [1.165, 1.54) is 0 Å². The van der Waals surface area contributed by atoms with Gasteiger partial charge in [-0.3, -0.25) is 9.69 Å². The number of para-hydroxylation sites is 1. The molecule has 5 heteroatoms. The van der Waals surface area contributed by atoms with Crippen molar-refractivity contribution in [2.75, 3.05) is 12.3 Å². The number of Topliss-reactive ketones (excluding diaryl/α,β-unsaturated/α-hetero) is 1. The van der Waals surface area contributed by atoms with Crippen molar-refractivity contribution in [3.63, 3.8) is 0 Å². The Morgan fingerprint density at radius 3 is 2.46 bits per heavy atom. The number of carbonyl (C=O) groups excluding carboxylic acids is 2. The fraction of sp³-hybridized carbons (Fsp3) is 0.579. The summed E-state index contributed by atoms with van der Waals surface area (Å²) >= 11 is 0. The quantitative estimate of drug-likeness (QED) is 0.659. The molecular weight excluding hydrogens is 304 g/mol. The maximum Gasteiger partial charge on any atom is 0.410 e. The van der Waals surface area contributed by atoms with Crippen molar-refractivity contribution >= 4 is 17.6 Å². The standard InChI is InChI=1S/C19H28N2O3/c1-18(2,3)24-17(23)21-11-10-19(4,5)12-15(21)16(22)13-8-6-7-9-14(13)20/h6-9,15H,10-12,20H2,1-5H3. The van der Waals surface area contributed by atoms with Crippen LogP contribution in [0.3, 0.4) is 0 Å². The smallest absolute Gasteiger partial charge is 0.410 e. The maximum absolute atomic E-state index is 13.1. The lowest BCUT2D eigenvalue weighted by Gasteiger charge is -2.42. The molecule has 1 aliphatic heterocycles. The van der Waals surface area contributed by atoms with Crippen molar-refractivity contribution in [3.8, 4) is 0 Å². The molecule has 0 aromatic heterocycles. The minimum Gasteiger partial charge on any atom is -0.444 e. The van der Waals surface area contributed by atoms with Crippen molar-refractivity contribution in [2.45, 2.75) is 59.1 Å². The number of likely N-dealkylation sites (tertiary alicyclic amines) is 1. The van der Waals surface area contributed by atoms with Gasteiger partial charge in [0.05, 0.1) is 6.04 Å². The topological polar surface area (TPSA) is 72.6 Å². The molecule has 0 spiro atoms. The molecule has 0 aliphatic carbocycles. The van der Waals surface area contributed by atoms with Crippen LogP contribution in [0.5, 0.6) is 0 Å². The van der Waals surface area contributed by atoms with E-state index in [4.69, 9.17) is 10.5 Å². The van der Waals surface area contributed by atoms with Gasteiger partial charge in [0.15, 0.2) is 5.78 Å². The van der Waals surface area contributed by atoms with Crippen LogP contribution >= 0.6 is 0 Å². The van der Waals surface area contributed by atoms with E-state index in [1.54, 1.807) is 29.2 Å². The number of nitrogens with zero attached hydrogens (tertiary/aromatic N) is 1. The number of hydrogen-bond donors (Lipinski definition) is 1. The number of rotatable bonds is 2. The molecule has 132 valence electrons. The van der Waals surface area contributed by atoms with Crippen LogP contribution in [0.15, 0.2) is 24.3 Å². The summed E-state index contributed by atoms with van der Waals surface area (Å²) in [6.45, 7) is 10.2. The molecule has 1 fully saturated rings. The second-order valence-electron chi connectivity index (χ2n) is 8.26. The molecule has 1 aromatic carbocycles. The normalized spacial score (nSPS) is 20.5. The molecule has 0 bridgehead atoms. The van der Waals surface area contributed by atoms with Crippen LogP contribution in [-0.4, -0.2) is 35.0 Å². The molecule has 1 aliphatic rings. The number of carbonyl (C=O) groups is 2. The van der Waals surface area contributed by atoms with Gasteiger partial charge in [0, 0.05) is 17.8 Å². The second kappa shape index (κ2) is 6.46. The van der Waals surface area contributed by atoms with Gasteiger partial charge in [-0.2, -0.15) is 0 Å². The molecule has 24 heavy (non-hydrogen) atoms. The van der Waals surface area contributed by atoms with E-state index in [0.29, 0.717) is 24.2 Å².